The fraction of sp³-hybridized carbons (Fsp3) is 0.214. The van der Waals surface area contributed by atoms with E-state index in [4.69, 9.17) is 14.4 Å². The number of amides is 1. The topological polar surface area (TPSA) is 102 Å². The van der Waals surface area contributed by atoms with Gasteiger partial charge in [0.25, 0.3) is 11.8 Å². The number of aryl methyl sites for hydroxylation is 2. The van der Waals surface area contributed by atoms with Gasteiger partial charge in [-0.1, -0.05) is 6.07 Å². The van der Waals surface area contributed by atoms with E-state index < -0.39 is 11.9 Å². The summed E-state index contributed by atoms with van der Waals surface area (Å²) < 4.78 is 9.93. The molecular formula is C14H14N2O5. The third-order valence-corrected chi connectivity index (χ3v) is 2.71. The Bertz CT molecular complexity index is 678. The molecule has 0 aliphatic rings. The van der Waals surface area contributed by atoms with Crippen molar-refractivity contribution in [3.63, 3.8) is 0 Å². The van der Waals surface area contributed by atoms with Crippen molar-refractivity contribution < 1.29 is 24.0 Å². The van der Waals surface area contributed by atoms with Crippen LogP contribution in [0.2, 0.25) is 0 Å². The van der Waals surface area contributed by atoms with E-state index >= 15 is 0 Å². The largest absolute Gasteiger partial charge is 0.478 e. The maximum Gasteiger partial charge on any atom is 0.336 e. The number of nitrogens with zero attached hydrogens (tertiary/aromatic N) is 1. The number of ether oxygens (including phenoxy) is 1. The predicted molar refractivity (Wildman–Crippen MR) is 73.5 cm³/mol. The molecule has 0 saturated heterocycles. The average Bonchev–Trinajstić information content (AvgIpc) is 2.84. The quantitative estimate of drug-likeness (QED) is 0.873. The fourth-order valence-electron chi connectivity index (χ4n) is 1.68. The van der Waals surface area contributed by atoms with Crippen LogP contribution in [-0.4, -0.2) is 28.7 Å². The highest BCUT2D eigenvalue weighted by atomic mass is 16.5. The summed E-state index contributed by atoms with van der Waals surface area (Å²) in [5.74, 6) is -0.665. The van der Waals surface area contributed by atoms with Crippen LogP contribution in [0.15, 0.2) is 28.8 Å². The molecule has 7 heteroatoms. The number of hydrogen-bond acceptors (Lipinski definition) is 5. The van der Waals surface area contributed by atoms with Crippen LogP contribution in [0.4, 0.5) is 5.69 Å². The van der Waals surface area contributed by atoms with E-state index in [1.165, 1.54) is 6.07 Å². The Morgan fingerprint density at radius 1 is 1.33 bits per heavy atom. The molecule has 2 rings (SSSR count). The molecule has 1 aromatic heterocycles. The molecule has 2 N–H and O–H groups in total. The summed E-state index contributed by atoms with van der Waals surface area (Å²) in [6.45, 7) is 3.15. The second-order valence-electron chi connectivity index (χ2n) is 4.45. The average molecular weight is 290 g/mol. The first-order chi connectivity index (χ1) is 9.95. The van der Waals surface area contributed by atoms with Gasteiger partial charge in [-0.3, -0.25) is 4.79 Å². The molecule has 7 nitrogen and oxygen atoms in total. The number of benzene rings is 1. The van der Waals surface area contributed by atoms with Crippen molar-refractivity contribution in [3.8, 4) is 5.88 Å². The molecule has 21 heavy (non-hydrogen) atoms. The van der Waals surface area contributed by atoms with Gasteiger partial charge >= 0.3 is 5.97 Å². The lowest BCUT2D eigenvalue weighted by molar-refractivity contribution is -0.118. The fourth-order valence-corrected chi connectivity index (χ4v) is 1.68. The number of aromatic nitrogens is 1. The van der Waals surface area contributed by atoms with Gasteiger partial charge in [-0.2, -0.15) is 0 Å². The van der Waals surface area contributed by atoms with Gasteiger partial charge in [0.2, 0.25) is 0 Å². The molecule has 0 saturated carbocycles. The Hall–Kier alpha value is -2.83. The minimum atomic E-state index is -1.04. The molecule has 2 aromatic rings. The number of anilines is 1. The SMILES string of the molecule is Cc1cc(OCC(=O)Nc2ccc(C)c(C(=O)O)c2)no1. The van der Waals surface area contributed by atoms with Gasteiger partial charge in [0.15, 0.2) is 6.61 Å². The van der Waals surface area contributed by atoms with Gasteiger partial charge in [-0.15, -0.1) is 0 Å². The summed E-state index contributed by atoms with van der Waals surface area (Å²) in [6.07, 6.45) is 0. The van der Waals surface area contributed by atoms with E-state index in [0.29, 0.717) is 17.0 Å². The van der Waals surface area contributed by atoms with Crippen molar-refractivity contribution in [2.24, 2.45) is 0 Å². The Labute approximate surface area is 120 Å². The summed E-state index contributed by atoms with van der Waals surface area (Å²) in [4.78, 5) is 22.7. The molecule has 0 aliphatic heterocycles. The lowest BCUT2D eigenvalue weighted by Crippen LogP contribution is -2.20. The standard InChI is InChI=1S/C14H14N2O5/c1-8-3-4-10(6-11(8)14(18)19)15-12(17)7-20-13-5-9(2)21-16-13/h3-6H,7H2,1-2H3,(H,15,17)(H,18,19). The van der Waals surface area contributed by atoms with Crippen LogP contribution in [0.1, 0.15) is 21.7 Å². The molecule has 0 spiro atoms. The zero-order valence-electron chi connectivity index (χ0n) is 11.5. The molecule has 1 heterocycles. The van der Waals surface area contributed by atoms with Crippen molar-refractivity contribution in [3.05, 3.63) is 41.2 Å². The highest BCUT2D eigenvalue weighted by Crippen LogP contribution is 2.15. The van der Waals surface area contributed by atoms with Crippen molar-refractivity contribution in [2.75, 3.05) is 11.9 Å². The summed E-state index contributed by atoms with van der Waals surface area (Å²) in [5.41, 5.74) is 1.15. The number of carboxylic acids is 1. The maximum absolute atomic E-state index is 11.7. The molecule has 1 amide bonds. The number of rotatable bonds is 5. The summed E-state index contributed by atoms with van der Waals surface area (Å²) in [5, 5.41) is 15.2. The van der Waals surface area contributed by atoms with Crippen LogP contribution in [0, 0.1) is 13.8 Å². The lowest BCUT2D eigenvalue weighted by atomic mass is 10.1. The van der Waals surface area contributed by atoms with Crippen LogP contribution < -0.4 is 10.1 Å². The normalized spacial score (nSPS) is 10.2. The first-order valence-electron chi connectivity index (χ1n) is 6.15. The zero-order valence-corrected chi connectivity index (χ0v) is 11.5. The molecule has 0 bridgehead atoms. The second kappa shape index (κ2) is 6.08. The molecule has 1 aromatic carbocycles. The van der Waals surface area contributed by atoms with Crippen LogP contribution >= 0.6 is 0 Å². The van der Waals surface area contributed by atoms with Gasteiger partial charge in [0.05, 0.1) is 5.56 Å². The monoisotopic (exact) mass is 290 g/mol. The molecule has 0 radical (unpaired) electrons. The van der Waals surface area contributed by atoms with Crippen LogP contribution in [0.5, 0.6) is 5.88 Å². The third kappa shape index (κ3) is 3.82. The van der Waals surface area contributed by atoms with Crippen molar-refractivity contribution in [2.45, 2.75) is 13.8 Å². The summed E-state index contributed by atoms with van der Waals surface area (Å²) in [7, 11) is 0. The van der Waals surface area contributed by atoms with Gasteiger partial charge in [0.1, 0.15) is 5.76 Å². The van der Waals surface area contributed by atoms with E-state index in [9.17, 15) is 9.59 Å². The molecule has 0 atom stereocenters. The van der Waals surface area contributed by atoms with Crippen LogP contribution in [0.25, 0.3) is 0 Å². The zero-order chi connectivity index (χ0) is 15.4. The smallest absolute Gasteiger partial charge is 0.336 e. The first kappa shape index (κ1) is 14.6. The molecular weight excluding hydrogens is 276 g/mol. The van der Waals surface area contributed by atoms with Gasteiger partial charge in [-0.25, -0.2) is 4.79 Å². The third-order valence-electron chi connectivity index (χ3n) is 2.71. The minimum Gasteiger partial charge on any atom is -0.478 e. The molecule has 0 aliphatic carbocycles. The van der Waals surface area contributed by atoms with Gasteiger partial charge in [-0.05, 0) is 36.7 Å². The highest BCUT2D eigenvalue weighted by molar-refractivity contribution is 5.95. The van der Waals surface area contributed by atoms with Crippen LogP contribution in [-0.2, 0) is 4.79 Å². The maximum atomic E-state index is 11.7. The summed E-state index contributed by atoms with van der Waals surface area (Å²) in [6, 6.07) is 6.21. The number of aromatic carboxylic acids is 1. The van der Waals surface area contributed by atoms with E-state index in [1.54, 1.807) is 32.0 Å². The lowest BCUT2D eigenvalue weighted by Gasteiger charge is -2.07. The molecule has 0 fully saturated rings. The number of carbonyl (C=O) groups is 2. The Balaban J connectivity index is 1.96. The van der Waals surface area contributed by atoms with E-state index in [2.05, 4.69) is 10.5 Å². The van der Waals surface area contributed by atoms with E-state index in [1.807, 2.05) is 0 Å². The number of carbonyl (C=O) groups excluding carboxylic acids is 1. The van der Waals surface area contributed by atoms with E-state index in [-0.39, 0.29) is 18.1 Å². The van der Waals surface area contributed by atoms with Crippen molar-refractivity contribution in [1.82, 2.24) is 5.16 Å². The molecule has 0 unspecified atom stereocenters. The number of hydrogen-bond donors (Lipinski definition) is 2. The predicted octanol–water partition coefficient (Wildman–Crippen LogP) is 2.01. The Kier molecular flexibility index (Phi) is 4.22. The Morgan fingerprint density at radius 2 is 2.10 bits per heavy atom. The van der Waals surface area contributed by atoms with Gasteiger partial charge < -0.3 is 19.7 Å². The number of carboxylic acid groups (broad SMARTS) is 1. The Morgan fingerprint density at radius 3 is 2.71 bits per heavy atom. The minimum absolute atomic E-state index is 0.140. The second-order valence-corrected chi connectivity index (χ2v) is 4.45. The van der Waals surface area contributed by atoms with E-state index in [0.717, 1.165) is 0 Å². The van der Waals surface area contributed by atoms with Gasteiger partial charge in [0, 0.05) is 11.8 Å². The summed E-state index contributed by atoms with van der Waals surface area (Å²) >= 11 is 0. The van der Waals surface area contributed by atoms with Crippen molar-refractivity contribution >= 4 is 17.6 Å². The highest BCUT2D eigenvalue weighted by Gasteiger charge is 2.10. The first-order valence-corrected chi connectivity index (χ1v) is 6.15. The van der Waals surface area contributed by atoms with Crippen molar-refractivity contribution in [1.29, 1.82) is 0 Å². The number of nitrogens with one attached hydrogen (secondary N) is 1. The molecule has 110 valence electrons. The van der Waals surface area contributed by atoms with Crippen LogP contribution in [0.3, 0.4) is 0 Å².